The summed E-state index contributed by atoms with van der Waals surface area (Å²) >= 11 is 1.18. The molecule has 20 heavy (non-hydrogen) atoms. The molecule has 4 nitrogen and oxygen atoms in total. The minimum Gasteiger partial charge on any atom is -0.478 e. The molecule has 1 N–H and O–H groups in total. The molecule has 2 rings (SSSR count). The molecule has 100 valence electrons. The van der Waals surface area contributed by atoms with E-state index in [2.05, 4.69) is 4.98 Å². The molecule has 0 spiro atoms. The molecular weight excluding hydrogens is 279 g/mol. The van der Waals surface area contributed by atoms with Gasteiger partial charge in [-0.1, -0.05) is 0 Å². The number of carboxylic acid groups (broad SMARTS) is 1. The van der Waals surface area contributed by atoms with Crippen LogP contribution in [0.25, 0.3) is 0 Å². The molecule has 1 heterocycles. The minimum absolute atomic E-state index is 0.0429. The van der Waals surface area contributed by atoms with Gasteiger partial charge < -0.3 is 5.11 Å². The molecule has 6 heteroatoms. The highest BCUT2D eigenvalue weighted by molar-refractivity contribution is 7.98. The number of thioether (sulfide) groups is 1. The number of nitrogens with zero attached hydrogens (tertiary/aromatic N) is 2. The van der Waals surface area contributed by atoms with Crippen LogP contribution in [0.3, 0.4) is 0 Å². The average molecular weight is 288 g/mol. The lowest BCUT2D eigenvalue weighted by molar-refractivity contribution is 0.0696. The molecule has 0 bridgehead atoms. The number of rotatable bonds is 4. The van der Waals surface area contributed by atoms with Gasteiger partial charge >= 0.3 is 5.97 Å². The fourth-order valence-corrected chi connectivity index (χ4v) is 2.45. The highest BCUT2D eigenvalue weighted by Crippen LogP contribution is 2.26. The zero-order valence-electron chi connectivity index (χ0n) is 10.2. The summed E-state index contributed by atoms with van der Waals surface area (Å²) in [5, 5.41) is 17.6. The van der Waals surface area contributed by atoms with Crippen molar-refractivity contribution in [2.24, 2.45) is 0 Å². The lowest BCUT2D eigenvalue weighted by atomic mass is 10.2. The predicted molar refractivity (Wildman–Crippen MR) is 71.9 cm³/mol. The summed E-state index contributed by atoms with van der Waals surface area (Å²) < 4.78 is 13.6. The van der Waals surface area contributed by atoms with Crippen LogP contribution in [-0.4, -0.2) is 16.1 Å². The van der Waals surface area contributed by atoms with E-state index >= 15 is 0 Å². The summed E-state index contributed by atoms with van der Waals surface area (Å²) in [4.78, 5) is 15.0. The Morgan fingerprint density at radius 3 is 2.90 bits per heavy atom. The van der Waals surface area contributed by atoms with Gasteiger partial charge in [0.25, 0.3) is 0 Å². The zero-order valence-corrected chi connectivity index (χ0v) is 11.0. The number of hydrogen-bond donors (Lipinski definition) is 1. The van der Waals surface area contributed by atoms with E-state index in [1.54, 1.807) is 12.1 Å². The van der Waals surface area contributed by atoms with Gasteiger partial charge in [0.1, 0.15) is 17.6 Å². The largest absolute Gasteiger partial charge is 0.478 e. The highest BCUT2D eigenvalue weighted by Gasteiger charge is 2.09. The molecular formula is C14H9FN2O2S. The van der Waals surface area contributed by atoms with Gasteiger partial charge in [0.05, 0.1) is 5.56 Å². The standard InChI is InChI=1S/C14H9FN2O2S/c15-12-2-1-10(14(18)19)6-13(12)20-8-9-3-4-17-11(5-9)7-16/h1-6H,8H2,(H,18,19). The van der Waals surface area contributed by atoms with E-state index in [1.807, 2.05) is 6.07 Å². The number of carbonyl (C=O) groups is 1. The fraction of sp³-hybridized carbons (Fsp3) is 0.0714. The number of pyridine rings is 1. The van der Waals surface area contributed by atoms with Crippen LogP contribution in [0.4, 0.5) is 4.39 Å². The molecule has 0 unspecified atom stereocenters. The molecule has 0 amide bonds. The maximum Gasteiger partial charge on any atom is 0.335 e. The SMILES string of the molecule is N#Cc1cc(CSc2cc(C(=O)O)ccc2F)ccn1. The third kappa shape index (κ3) is 3.33. The molecule has 0 aliphatic rings. The van der Waals surface area contributed by atoms with Crippen LogP contribution < -0.4 is 0 Å². The monoisotopic (exact) mass is 288 g/mol. The van der Waals surface area contributed by atoms with Crippen LogP contribution in [0.1, 0.15) is 21.6 Å². The van der Waals surface area contributed by atoms with Crippen molar-refractivity contribution in [2.75, 3.05) is 0 Å². The summed E-state index contributed by atoms with van der Waals surface area (Å²) in [5.74, 6) is -1.13. The molecule has 0 fully saturated rings. The van der Waals surface area contributed by atoms with Gasteiger partial charge in [-0.2, -0.15) is 5.26 Å². The van der Waals surface area contributed by atoms with Gasteiger partial charge in [-0.15, -0.1) is 11.8 Å². The van der Waals surface area contributed by atoms with Crippen molar-refractivity contribution < 1.29 is 14.3 Å². The minimum atomic E-state index is -1.09. The van der Waals surface area contributed by atoms with Crippen molar-refractivity contribution in [1.82, 2.24) is 4.98 Å². The Kier molecular flexibility index (Phi) is 4.33. The first-order valence-corrected chi connectivity index (χ1v) is 6.59. The van der Waals surface area contributed by atoms with E-state index in [4.69, 9.17) is 10.4 Å². The maximum atomic E-state index is 13.6. The van der Waals surface area contributed by atoms with Crippen molar-refractivity contribution >= 4 is 17.7 Å². The van der Waals surface area contributed by atoms with Gasteiger partial charge in [0, 0.05) is 16.8 Å². The second kappa shape index (κ2) is 6.17. The maximum absolute atomic E-state index is 13.6. The van der Waals surface area contributed by atoms with E-state index in [9.17, 15) is 9.18 Å². The molecule has 0 radical (unpaired) electrons. The second-order valence-electron chi connectivity index (χ2n) is 3.90. The average Bonchev–Trinajstić information content (AvgIpc) is 2.46. The Morgan fingerprint density at radius 1 is 1.40 bits per heavy atom. The zero-order chi connectivity index (χ0) is 14.5. The van der Waals surface area contributed by atoms with Gasteiger partial charge in [-0.25, -0.2) is 14.2 Å². The highest BCUT2D eigenvalue weighted by atomic mass is 32.2. The Bertz CT molecular complexity index is 698. The van der Waals surface area contributed by atoms with Gasteiger partial charge in [0.15, 0.2) is 0 Å². The quantitative estimate of drug-likeness (QED) is 0.875. The van der Waals surface area contributed by atoms with Crippen molar-refractivity contribution in [3.05, 3.63) is 59.2 Å². The first-order valence-electron chi connectivity index (χ1n) is 5.61. The molecule has 0 aliphatic carbocycles. The number of hydrogen-bond acceptors (Lipinski definition) is 4. The fourth-order valence-electron chi connectivity index (χ4n) is 1.53. The van der Waals surface area contributed by atoms with E-state index < -0.39 is 11.8 Å². The van der Waals surface area contributed by atoms with Gasteiger partial charge in [-0.05, 0) is 35.9 Å². The molecule has 0 saturated heterocycles. The number of aromatic nitrogens is 1. The Morgan fingerprint density at radius 2 is 2.20 bits per heavy atom. The molecule has 1 aromatic heterocycles. The van der Waals surface area contributed by atoms with E-state index in [1.165, 1.54) is 30.1 Å². The van der Waals surface area contributed by atoms with Crippen LogP contribution in [0, 0.1) is 17.1 Å². The topological polar surface area (TPSA) is 74.0 Å². The van der Waals surface area contributed by atoms with Crippen LogP contribution in [0.2, 0.25) is 0 Å². The lowest BCUT2D eigenvalue weighted by Gasteiger charge is -2.05. The van der Waals surface area contributed by atoms with Crippen LogP contribution >= 0.6 is 11.8 Å². The molecule has 0 aliphatic heterocycles. The van der Waals surface area contributed by atoms with Crippen LogP contribution in [-0.2, 0) is 5.75 Å². The first-order chi connectivity index (χ1) is 9.60. The smallest absolute Gasteiger partial charge is 0.335 e. The van der Waals surface area contributed by atoms with Crippen LogP contribution in [0.5, 0.6) is 0 Å². The lowest BCUT2D eigenvalue weighted by Crippen LogP contribution is -1.97. The Labute approximate surface area is 118 Å². The van der Waals surface area contributed by atoms with Gasteiger partial charge in [0.2, 0.25) is 0 Å². The van der Waals surface area contributed by atoms with E-state index in [-0.39, 0.29) is 10.5 Å². The van der Waals surface area contributed by atoms with Crippen molar-refractivity contribution in [2.45, 2.75) is 10.6 Å². The summed E-state index contributed by atoms with van der Waals surface area (Å²) in [7, 11) is 0. The van der Waals surface area contributed by atoms with Crippen molar-refractivity contribution in [3.63, 3.8) is 0 Å². The number of aromatic carboxylic acids is 1. The Hall–Kier alpha value is -2.39. The molecule has 2 aromatic rings. The predicted octanol–water partition coefficient (Wildman–Crippen LogP) is 3.08. The number of nitriles is 1. The number of halogens is 1. The third-order valence-electron chi connectivity index (χ3n) is 2.51. The summed E-state index contributed by atoms with van der Waals surface area (Å²) in [5.41, 5.74) is 1.16. The van der Waals surface area contributed by atoms with E-state index in [0.29, 0.717) is 11.4 Å². The van der Waals surface area contributed by atoms with Crippen molar-refractivity contribution in [3.8, 4) is 6.07 Å². The third-order valence-corrected chi connectivity index (χ3v) is 3.61. The molecule has 0 saturated carbocycles. The normalized spacial score (nSPS) is 10.0. The van der Waals surface area contributed by atoms with E-state index in [0.717, 1.165) is 11.6 Å². The second-order valence-corrected chi connectivity index (χ2v) is 4.92. The summed E-state index contributed by atoms with van der Waals surface area (Å²) in [6.07, 6.45) is 1.51. The molecule has 0 atom stereocenters. The van der Waals surface area contributed by atoms with Crippen LogP contribution in [0.15, 0.2) is 41.4 Å². The summed E-state index contributed by atoms with van der Waals surface area (Å²) in [6.45, 7) is 0. The summed E-state index contributed by atoms with van der Waals surface area (Å²) in [6, 6.07) is 8.94. The van der Waals surface area contributed by atoms with Crippen molar-refractivity contribution in [1.29, 1.82) is 5.26 Å². The first kappa shape index (κ1) is 14.0. The number of benzene rings is 1. The molecule has 1 aromatic carbocycles. The van der Waals surface area contributed by atoms with Gasteiger partial charge in [-0.3, -0.25) is 0 Å². The Balaban J connectivity index is 2.16. The number of carboxylic acids is 1.